The molecule has 20 heavy (non-hydrogen) atoms. The van der Waals surface area contributed by atoms with Gasteiger partial charge in [0.15, 0.2) is 0 Å². The number of ether oxygens (including phenoxy) is 1. The van der Waals surface area contributed by atoms with E-state index in [0.717, 1.165) is 5.69 Å². The van der Waals surface area contributed by atoms with Crippen molar-refractivity contribution < 1.29 is 19.4 Å². The van der Waals surface area contributed by atoms with Crippen LogP contribution in [0.3, 0.4) is 0 Å². The van der Waals surface area contributed by atoms with Crippen LogP contribution in [0.15, 0.2) is 30.3 Å². The minimum atomic E-state index is -1.07. The molecule has 0 saturated carbocycles. The minimum absolute atomic E-state index is 0.0935. The highest BCUT2D eigenvalue weighted by Crippen LogP contribution is 2.28. The number of carboxylic acid groups (broad SMARTS) is 1. The quantitative estimate of drug-likeness (QED) is 0.738. The van der Waals surface area contributed by atoms with E-state index in [1.807, 2.05) is 30.3 Å². The van der Waals surface area contributed by atoms with E-state index >= 15 is 0 Å². The second-order valence-corrected chi connectivity index (χ2v) is 5.08. The molecule has 1 amide bonds. The lowest BCUT2D eigenvalue weighted by Gasteiger charge is -2.25. The number of para-hydroxylation sites is 1. The normalized spacial score (nSPS) is 25.1. The Morgan fingerprint density at radius 3 is 2.75 bits per heavy atom. The molecule has 2 rings (SSSR count). The Hall–Kier alpha value is -2.08. The number of carbonyl (C=O) groups excluding carboxylic acids is 1. The first-order valence-corrected chi connectivity index (χ1v) is 6.42. The van der Waals surface area contributed by atoms with Crippen molar-refractivity contribution in [2.24, 2.45) is 5.41 Å². The summed E-state index contributed by atoms with van der Waals surface area (Å²) in [5, 5.41) is 14.9. The topological polar surface area (TPSA) is 87.7 Å². The van der Waals surface area contributed by atoms with Crippen molar-refractivity contribution in [2.75, 3.05) is 25.1 Å². The Bertz CT molecular complexity index is 491. The predicted molar refractivity (Wildman–Crippen MR) is 73.4 cm³/mol. The first-order chi connectivity index (χ1) is 9.52. The van der Waals surface area contributed by atoms with Crippen LogP contribution in [-0.2, 0) is 14.3 Å². The van der Waals surface area contributed by atoms with E-state index in [1.165, 1.54) is 0 Å². The van der Waals surface area contributed by atoms with Crippen LogP contribution in [0.2, 0.25) is 0 Å². The summed E-state index contributed by atoms with van der Waals surface area (Å²) in [7, 11) is 0. The van der Waals surface area contributed by atoms with Crippen molar-refractivity contribution >= 4 is 17.6 Å². The maximum atomic E-state index is 11.9. The van der Waals surface area contributed by atoms with Crippen LogP contribution in [0.5, 0.6) is 0 Å². The first kappa shape index (κ1) is 14.3. The van der Waals surface area contributed by atoms with Gasteiger partial charge in [-0.05, 0) is 19.1 Å². The zero-order chi connectivity index (χ0) is 14.6. The van der Waals surface area contributed by atoms with Crippen LogP contribution in [0, 0.1) is 5.41 Å². The summed E-state index contributed by atoms with van der Waals surface area (Å²) in [5.74, 6) is -1.21. The lowest BCUT2D eigenvalue weighted by atomic mass is 9.85. The Morgan fingerprint density at radius 1 is 1.40 bits per heavy atom. The summed E-state index contributed by atoms with van der Waals surface area (Å²) in [6.07, 6.45) is 0. The van der Waals surface area contributed by atoms with Gasteiger partial charge < -0.3 is 20.5 Å². The lowest BCUT2D eigenvalue weighted by molar-refractivity contribution is -0.149. The standard InChI is InChI=1S/C14H18N2O4/c1-14(13(18)19)9-20-8-11(14)16-12(17)7-15-10-5-3-2-4-6-10/h2-6,11,15H,7-9H2,1H3,(H,16,17)(H,18,19). The maximum Gasteiger partial charge on any atom is 0.313 e. The Labute approximate surface area is 117 Å². The van der Waals surface area contributed by atoms with Crippen LogP contribution in [-0.4, -0.2) is 42.8 Å². The van der Waals surface area contributed by atoms with Gasteiger partial charge in [-0.25, -0.2) is 0 Å². The van der Waals surface area contributed by atoms with Crippen LogP contribution in [0.4, 0.5) is 5.69 Å². The monoisotopic (exact) mass is 278 g/mol. The van der Waals surface area contributed by atoms with E-state index in [9.17, 15) is 14.7 Å². The highest BCUT2D eigenvalue weighted by atomic mass is 16.5. The molecular weight excluding hydrogens is 260 g/mol. The summed E-state index contributed by atoms with van der Waals surface area (Å²) in [4.78, 5) is 23.1. The number of carbonyl (C=O) groups is 2. The van der Waals surface area contributed by atoms with Crippen molar-refractivity contribution in [3.05, 3.63) is 30.3 Å². The third-order valence-corrected chi connectivity index (χ3v) is 3.51. The molecule has 2 atom stereocenters. The van der Waals surface area contributed by atoms with E-state index in [4.69, 9.17) is 4.74 Å². The van der Waals surface area contributed by atoms with Gasteiger partial charge in [0.2, 0.25) is 5.91 Å². The smallest absolute Gasteiger partial charge is 0.313 e. The maximum absolute atomic E-state index is 11.9. The molecule has 1 aromatic rings. The molecule has 1 aliphatic heterocycles. The minimum Gasteiger partial charge on any atom is -0.481 e. The molecule has 2 unspecified atom stereocenters. The second-order valence-electron chi connectivity index (χ2n) is 5.08. The van der Waals surface area contributed by atoms with Gasteiger partial charge in [0.25, 0.3) is 0 Å². The predicted octanol–water partition coefficient (Wildman–Crippen LogP) is 0.704. The van der Waals surface area contributed by atoms with Gasteiger partial charge in [0.1, 0.15) is 5.41 Å². The Balaban J connectivity index is 1.87. The van der Waals surface area contributed by atoms with Crippen LogP contribution >= 0.6 is 0 Å². The molecule has 0 bridgehead atoms. The van der Waals surface area contributed by atoms with Gasteiger partial charge in [-0.3, -0.25) is 9.59 Å². The van der Waals surface area contributed by atoms with E-state index in [0.29, 0.717) is 0 Å². The van der Waals surface area contributed by atoms with Gasteiger partial charge in [0.05, 0.1) is 25.8 Å². The zero-order valence-electron chi connectivity index (χ0n) is 11.3. The van der Waals surface area contributed by atoms with Gasteiger partial charge in [-0.2, -0.15) is 0 Å². The lowest BCUT2D eigenvalue weighted by Crippen LogP contribution is -2.50. The van der Waals surface area contributed by atoms with Crippen LogP contribution in [0.25, 0.3) is 0 Å². The molecule has 0 spiro atoms. The fraction of sp³-hybridized carbons (Fsp3) is 0.429. The molecular formula is C14H18N2O4. The molecule has 1 aromatic carbocycles. The van der Waals surface area contributed by atoms with Crippen molar-refractivity contribution in [3.8, 4) is 0 Å². The number of amides is 1. The summed E-state index contributed by atoms with van der Waals surface area (Å²) < 4.78 is 5.18. The van der Waals surface area contributed by atoms with Gasteiger partial charge in [-0.1, -0.05) is 18.2 Å². The van der Waals surface area contributed by atoms with E-state index in [-0.39, 0.29) is 25.7 Å². The number of rotatable bonds is 5. The van der Waals surface area contributed by atoms with Crippen molar-refractivity contribution in [1.29, 1.82) is 0 Å². The number of nitrogens with one attached hydrogen (secondary N) is 2. The highest BCUT2D eigenvalue weighted by Gasteiger charge is 2.47. The molecule has 3 N–H and O–H groups in total. The summed E-state index contributed by atoms with van der Waals surface area (Å²) in [5.41, 5.74) is -0.228. The molecule has 1 aliphatic rings. The Morgan fingerprint density at radius 2 is 2.10 bits per heavy atom. The summed E-state index contributed by atoms with van der Waals surface area (Å²) in [6, 6.07) is 8.82. The fourth-order valence-electron chi connectivity index (χ4n) is 2.07. The largest absolute Gasteiger partial charge is 0.481 e. The van der Waals surface area contributed by atoms with Crippen LogP contribution < -0.4 is 10.6 Å². The van der Waals surface area contributed by atoms with Crippen molar-refractivity contribution in [1.82, 2.24) is 5.32 Å². The highest BCUT2D eigenvalue weighted by molar-refractivity contribution is 5.83. The SMILES string of the molecule is CC1(C(=O)O)COCC1NC(=O)CNc1ccccc1. The Kier molecular flexibility index (Phi) is 4.24. The molecule has 0 aliphatic carbocycles. The van der Waals surface area contributed by atoms with Crippen LogP contribution in [0.1, 0.15) is 6.92 Å². The third-order valence-electron chi connectivity index (χ3n) is 3.51. The molecule has 1 saturated heterocycles. The van der Waals surface area contributed by atoms with Gasteiger partial charge in [-0.15, -0.1) is 0 Å². The average Bonchev–Trinajstić information content (AvgIpc) is 2.80. The number of hydrogen-bond donors (Lipinski definition) is 3. The first-order valence-electron chi connectivity index (χ1n) is 6.42. The molecule has 1 heterocycles. The molecule has 0 aromatic heterocycles. The van der Waals surface area contributed by atoms with E-state index in [2.05, 4.69) is 10.6 Å². The van der Waals surface area contributed by atoms with Gasteiger partial charge >= 0.3 is 5.97 Å². The number of carboxylic acids is 1. The molecule has 1 fully saturated rings. The number of aliphatic carboxylic acids is 1. The molecule has 6 heteroatoms. The van der Waals surface area contributed by atoms with E-state index < -0.39 is 17.4 Å². The summed E-state index contributed by atoms with van der Waals surface area (Å²) in [6.45, 7) is 2.01. The number of anilines is 1. The molecule has 0 radical (unpaired) electrons. The molecule has 108 valence electrons. The molecule has 6 nitrogen and oxygen atoms in total. The fourth-order valence-corrected chi connectivity index (χ4v) is 2.07. The van der Waals surface area contributed by atoms with Crippen molar-refractivity contribution in [3.63, 3.8) is 0 Å². The summed E-state index contributed by atoms with van der Waals surface area (Å²) >= 11 is 0. The van der Waals surface area contributed by atoms with E-state index in [1.54, 1.807) is 6.92 Å². The zero-order valence-corrected chi connectivity index (χ0v) is 11.3. The van der Waals surface area contributed by atoms with Gasteiger partial charge in [0, 0.05) is 5.69 Å². The van der Waals surface area contributed by atoms with Crippen molar-refractivity contribution in [2.45, 2.75) is 13.0 Å². The number of benzene rings is 1. The second kappa shape index (κ2) is 5.92. The third kappa shape index (κ3) is 3.08. The average molecular weight is 278 g/mol. The number of hydrogen-bond acceptors (Lipinski definition) is 4.